The molecule has 0 amide bonds. The number of carbonyl (C=O) groups excluding carboxylic acids is 7. The Balaban J connectivity index is 2.10. The molecule has 0 aliphatic carbocycles. The van der Waals surface area contributed by atoms with E-state index in [0.717, 1.165) is 0 Å². The van der Waals surface area contributed by atoms with E-state index >= 15 is 0 Å². The summed E-state index contributed by atoms with van der Waals surface area (Å²) in [7, 11) is 0. The van der Waals surface area contributed by atoms with Crippen LogP contribution in [0.15, 0.2) is 69.0 Å². The first-order chi connectivity index (χ1) is 29.3. The average molecular weight is 880 g/mol. The molecule has 0 fully saturated rings. The lowest BCUT2D eigenvalue weighted by atomic mass is 10.2. The molecule has 0 aliphatic rings. The topological polar surface area (TPSA) is 311 Å². The molecule has 340 valence electrons. The van der Waals surface area contributed by atoms with Gasteiger partial charge in [0.15, 0.2) is 0 Å². The minimum atomic E-state index is -1.78. The molecule has 23 heteroatoms. The molecular weight excluding hydrogens is 830 g/mol. The van der Waals surface area contributed by atoms with E-state index in [4.69, 9.17) is 33.2 Å². The normalized spacial score (nSPS) is 12.1. The number of esters is 7. The maximum atomic E-state index is 13.5. The van der Waals surface area contributed by atoms with Crippen LogP contribution in [0, 0.1) is 0 Å². The number of carbonyl (C=O) groups is 7. The third-order valence-corrected chi connectivity index (χ3v) is 7.78. The Morgan fingerprint density at radius 1 is 0.500 bits per heavy atom. The Labute approximate surface area is 352 Å². The van der Waals surface area contributed by atoms with Crippen molar-refractivity contribution in [2.75, 3.05) is 46.2 Å². The maximum Gasteiger partial charge on any atom is 0.338 e. The Morgan fingerprint density at radius 2 is 0.806 bits per heavy atom. The van der Waals surface area contributed by atoms with Crippen molar-refractivity contribution >= 4 is 41.8 Å². The molecule has 2 rings (SSSR count). The van der Waals surface area contributed by atoms with Crippen LogP contribution in [0.1, 0.15) is 49.9 Å². The van der Waals surface area contributed by atoms with E-state index < -0.39 is 142 Å². The highest BCUT2D eigenvalue weighted by Crippen LogP contribution is 2.04. The highest BCUT2D eigenvalue weighted by Gasteiger charge is 2.24. The minimum Gasteiger partial charge on any atom is -0.463 e. The van der Waals surface area contributed by atoms with E-state index in [-0.39, 0.29) is 43.1 Å². The number of hydrogen-bond donors (Lipinski definition) is 3. The summed E-state index contributed by atoms with van der Waals surface area (Å²) in [5.74, 6) is -5.88. The second-order valence-corrected chi connectivity index (χ2v) is 13.2. The monoisotopic (exact) mass is 879 g/mol. The molecule has 1 aromatic heterocycles. The van der Waals surface area contributed by atoms with Crippen molar-refractivity contribution in [1.82, 2.24) is 13.7 Å². The van der Waals surface area contributed by atoms with Gasteiger partial charge in [-0.25, -0.2) is 42.5 Å². The van der Waals surface area contributed by atoms with Gasteiger partial charge in [-0.05, 0) is 26.0 Å². The summed E-state index contributed by atoms with van der Waals surface area (Å²) < 4.78 is 35.2. The molecule has 1 aromatic carbocycles. The summed E-state index contributed by atoms with van der Waals surface area (Å²) in [5, 5.41) is 31.9. The molecule has 0 aliphatic heterocycles. The zero-order chi connectivity index (χ0) is 46.4. The molecule has 1 heterocycles. The van der Waals surface area contributed by atoms with Crippen molar-refractivity contribution in [2.45, 2.75) is 77.5 Å². The van der Waals surface area contributed by atoms with Crippen LogP contribution in [0.4, 0.5) is 0 Å². The Kier molecular flexibility index (Phi) is 22.0. The van der Waals surface area contributed by atoms with Gasteiger partial charge in [0.1, 0.15) is 64.6 Å². The molecule has 0 spiro atoms. The van der Waals surface area contributed by atoms with Gasteiger partial charge in [0, 0.05) is 11.1 Å². The lowest BCUT2D eigenvalue weighted by molar-refractivity contribution is -0.154. The highest BCUT2D eigenvalue weighted by molar-refractivity contribution is 5.89. The summed E-state index contributed by atoms with van der Waals surface area (Å²) in [4.78, 5) is 124. The maximum absolute atomic E-state index is 13.5. The van der Waals surface area contributed by atoms with Gasteiger partial charge in [-0.15, -0.1) is 0 Å². The zero-order valence-corrected chi connectivity index (χ0v) is 34.1. The fraction of sp³-hybridized carbons (Fsp3) is 0.487. The van der Waals surface area contributed by atoms with Gasteiger partial charge in [0.2, 0.25) is 0 Å². The second kappa shape index (κ2) is 26.5. The van der Waals surface area contributed by atoms with Crippen molar-refractivity contribution < 1.29 is 82.0 Å². The summed E-state index contributed by atoms with van der Waals surface area (Å²) in [6, 6.07) is 7.64. The third-order valence-electron chi connectivity index (χ3n) is 7.78. The van der Waals surface area contributed by atoms with Crippen molar-refractivity contribution in [3.63, 3.8) is 0 Å². The summed E-state index contributed by atoms with van der Waals surface area (Å²) in [6.07, 6.45) is -7.20. The molecule has 0 bridgehead atoms. The van der Waals surface area contributed by atoms with Gasteiger partial charge in [-0.2, -0.15) is 0 Å². The molecule has 3 atom stereocenters. The van der Waals surface area contributed by atoms with Crippen LogP contribution in [0.25, 0.3) is 0 Å². The van der Waals surface area contributed by atoms with Crippen LogP contribution in [-0.4, -0.2) is 135 Å². The molecule has 3 unspecified atom stereocenters. The number of aromatic nitrogens is 3. The molecular formula is C39H49N3O20. The number of ether oxygens (including phenoxy) is 7. The number of rotatable bonds is 27. The number of aliphatic hydroxyl groups excluding tert-OH is 3. The molecule has 23 nitrogen and oxygen atoms in total. The number of nitrogens with zero attached hydrogens (tertiary/aromatic N) is 3. The first kappa shape index (κ1) is 51.4. The van der Waals surface area contributed by atoms with Crippen molar-refractivity contribution in [3.05, 3.63) is 91.7 Å². The Bertz CT molecular complexity index is 1990. The molecule has 3 N–H and O–H groups in total. The van der Waals surface area contributed by atoms with Gasteiger partial charge < -0.3 is 48.5 Å². The van der Waals surface area contributed by atoms with E-state index in [2.05, 4.69) is 13.2 Å². The van der Waals surface area contributed by atoms with Gasteiger partial charge in [0.25, 0.3) is 0 Å². The van der Waals surface area contributed by atoms with E-state index in [9.17, 15) is 63.3 Å². The van der Waals surface area contributed by atoms with E-state index in [0.29, 0.717) is 13.7 Å². The smallest absolute Gasteiger partial charge is 0.338 e. The largest absolute Gasteiger partial charge is 0.463 e. The van der Waals surface area contributed by atoms with E-state index in [1.165, 1.54) is 26.0 Å². The van der Waals surface area contributed by atoms with Crippen LogP contribution in [0.5, 0.6) is 0 Å². The standard InChI is InChI=1S/C39H49N3O20/c1-24(2)34(50)58-16-14-56-30(46)10-12-32(48)60-21-27(43)18-40-37(53)41(19-28(44)22-61-33(49)13-11-31(47)57-15-17-59-35(51)25(3)4)39(55)42(38(40)54)20-29(45)23-62-36(52)26-8-6-5-7-9-26/h5-9,27-29,43-45H,1,3,10-23H2,2,4H3. The van der Waals surface area contributed by atoms with Gasteiger partial charge >= 0.3 is 58.9 Å². The average Bonchev–Trinajstić information content (AvgIpc) is 3.24. The minimum absolute atomic E-state index is 0.134. The number of aliphatic hydroxyl groups is 3. The van der Waals surface area contributed by atoms with E-state index in [1.54, 1.807) is 18.2 Å². The number of benzene rings is 1. The third kappa shape index (κ3) is 18.7. The summed E-state index contributed by atoms with van der Waals surface area (Å²) >= 11 is 0. The lowest BCUT2D eigenvalue weighted by Gasteiger charge is -2.19. The summed E-state index contributed by atoms with van der Waals surface area (Å²) in [5.41, 5.74) is -3.70. The molecule has 0 saturated carbocycles. The van der Waals surface area contributed by atoms with Crippen molar-refractivity contribution in [2.24, 2.45) is 0 Å². The molecule has 0 radical (unpaired) electrons. The molecule has 2 aromatic rings. The SMILES string of the molecule is C=C(C)C(=O)OCCOC(=O)CCC(=O)OCC(O)Cn1c(=O)n(CC(O)COC(=O)CCC(=O)OCCOC(=O)C(=C)C)c(=O)n(CC(O)COC(=O)c2ccccc2)c1=O. The first-order valence-corrected chi connectivity index (χ1v) is 18.8. The molecule has 0 saturated heterocycles. The number of hydrogen-bond acceptors (Lipinski definition) is 20. The second-order valence-electron chi connectivity index (χ2n) is 13.2. The summed E-state index contributed by atoms with van der Waals surface area (Å²) in [6.45, 7) is 3.51. The van der Waals surface area contributed by atoms with Crippen LogP contribution >= 0.6 is 0 Å². The van der Waals surface area contributed by atoms with Gasteiger partial charge in [-0.3, -0.25) is 19.2 Å². The van der Waals surface area contributed by atoms with Crippen molar-refractivity contribution in [1.29, 1.82) is 0 Å². The quantitative estimate of drug-likeness (QED) is 0.0381. The predicted octanol–water partition coefficient (Wildman–Crippen LogP) is -1.92. The van der Waals surface area contributed by atoms with Crippen LogP contribution < -0.4 is 17.1 Å². The first-order valence-electron chi connectivity index (χ1n) is 18.8. The van der Waals surface area contributed by atoms with Crippen LogP contribution in [-0.2, 0) is 81.6 Å². The van der Waals surface area contributed by atoms with Crippen LogP contribution in [0.3, 0.4) is 0 Å². The fourth-order valence-electron chi connectivity index (χ4n) is 4.67. The van der Waals surface area contributed by atoms with E-state index in [1.807, 2.05) is 0 Å². The lowest BCUT2D eigenvalue weighted by Crippen LogP contribution is -2.57. The van der Waals surface area contributed by atoms with Gasteiger partial charge in [-0.1, -0.05) is 31.4 Å². The Morgan fingerprint density at radius 3 is 1.15 bits per heavy atom. The predicted molar refractivity (Wildman–Crippen MR) is 208 cm³/mol. The van der Waals surface area contributed by atoms with Crippen LogP contribution in [0.2, 0.25) is 0 Å². The molecule has 62 heavy (non-hydrogen) atoms. The zero-order valence-electron chi connectivity index (χ0n) is 34.1. The van der Waals surface area contributed by atoms with Crippen molar-refractivity contribution in [3.8, 4) is 0 Å². The fourth-order valence-corrected chi connectivity index (χ4v) is 4.67. The Hall–Kier alpha value is -6.72. The highest BCUT2D eigenvalue weighted by atomic mass is 16.6. The van der Waals surface area contributed by atoms with Gasteiger partial charge in [0.05, 0.1) is 50.9 Å².